The summed E-state index contributed by atoms with van der Waals surface area (Å²) in [7, 11) is 1.83. The summed E-state index contributed by atoms with van der Waals surface area (Å²) in [6.45, 7) is 3.95. The van der Waals surface area contributed by atoms with Gasteiger partial charge in [-0.2, -0.15) is 10.1 Å². The average molecular weight is 284 g/mol. The molecule has 21 heavy (non-hydrogen) atoms. The van der Waals surface area contributed by atoms with Crippen LogP contribution in [0.3, 0.4) is 0 Å². The smallest absolute Gasteiger partial charge is 0.248 e. The van der Waals surface area contributed by atoms with Crippen molar-refractivity contribution in [3.05, 3.63) is 47.2 Å². The van der Waals surface area contributed by atoms with E-state index >= 15 is 0 Å². The lowest BCUT2D eigenvalue weighted by Crippen LogP contribution is -2.11. The number of rotatable bonds is 3. The lowest BCUT2D eigenvalue weighted by atomic mass is 10.1. The molecule has 0 aromatic carbocycles. The summed E-state index contributed by atoms with van der Waals surface area (Å²) in [6.07, 6.45) is 5.28. The van der Waals surface area contributed by atoms with E-state index in [4.69, 9.17) is 10.3 Å². The first-order valence-corrected chi connectivity index (χ1v) is 6.56. The van der Waals surface area contributed by atoms with Crippen LogP contribution in [-0.4, -0.2) is 24.9 Å². The van der Waals surface area contributed by atoms with Crippen LogP contribution in [-0.2, 0) is 7.05 Å². The summed E-state index contributed by atoms with van der Waals surface area (Å²) in [6, 6.07) is 1.53. The van der Waals surface area contributed by atoms with Crippen molar-refractivity contribution < 1.29 is 4.52 Å². The van der Waals surface area contributed by atoms with Crippen molar-refractivity contribution in [2.75, 3.05) is 0 Å². The number of pyridine rings is 1. The monoisotopic (exact) mass is 284 g/mol. The van der Waals surface area contributed by atoms with Crippen LogP contribution in [0.1, 0.15) is 28.6 Å². The van der Waals surface area contributed by atoms with Gasteiger partial charge in [0.2, 0.25) is 11.7 Å². The molecule has 3 aromatic heterocycles. The molecule has 0 fully saturated rings. The summed E-state index contributed by atoms with van der Waals surface area (Å²) in [5.74, 6) is 0.793. The van der Waals surface area contributed by atoms with Crippen molar-refractivity contribution in [1.29, 1.82) is 0 Å². The van der Waals surface area contributed by atoms with Gasteiger partial charge in [-0.1, -0.05) is 11.2 Å². The highest BCUT2D eigenvalue weighted by Crippen LogP contribution is 2.22. The normalized spacial score (nSPS) is 12.6. The Morgan fingerprint density at radius 1 is 1.29 bits per heavy atom. The van der Waals surface area contributed by atoms with Crippen molar-refractivity contribution in [2.45, 2.75) is 19.9 Å². The van der Waals surface area contributed by atoms with Gasteiger partial charge in [0.15, 0.2) is 0 Å². The Labute approximate surface area is 121 Å². The van der Waals surface area contributed by atoms with E-state index in [-0.39, 0.29) is 0 Å². The first-order valence-electron chi connectivity index (χ1n) is 6.56. The first kappa shape index (κ1) is 13.4. The summed E-state index contributed by atoms with van der Waals surface area (Å²) >= 11 is 0. The van der Waals surface area contributed by atoms with Gasteiger partial charge in [0.25, 0.3) is 0 Å². The van der Waals surface area contributed by atoms with Crippen LogP contribution in [0, 0.1) is 13.8 Å². The standard InChI is InChI=1S/C14H16N6O/c1-8-4-9(2)12(16-5-8)13-18-14(21-19-13)11(15)10-6-17-20(3)7-10/h4-7,11H,15H2,1-3H3. The number of aromatic nitrogens is 5. The van der Waals surface area contributed by atoms with E-state index in [0.29, 0.717) is 17.4 Å². The second-order valence-corrected chi connectivity index (χ2v) is 5.06. The molecule has 108 valence electrons. The molecule has 1 unspecified atom stereocenters. The van der Waals surface area contributed by atoms with Gasteiger partial charge in [-0.3, -0.25) is 9.67 Å². The molecule has 0 spiro atoms. The molecule has 3 heterocycles. The van der Waals surface area contributed by atoms with Gasteiger partial charge in [-0.05, 0) is 25.0 Å². The number of nitrogens with two attached hydrogens (primary N) is 1. The fourth-order valence-corrected chi connectivity index (χ4v) is 2.15. The Morgan fingerprint density at radius 2 is 2.10 bits per heavy atom. The molecule has 0 saturated heterocycles. The van der Waals surface area contributed by atoms with Gasteiger partial charge in [-0.25, -0.2) is 0 Å². The molecular formula is C14H16N6O. The lowest BCUT2D eigenvalue weighted by Gasteiger charge is -2.02. The van der Waals surface area contributed by atoms with Crippen LogP contribution >= 0.6 is 0 Å². The maximum atomic E-state index is 6.11. The van der Waals surface area contributed by atoms with Gasteiger partial charge < -0.3 is 10.3 Å². The quantitative estimate of drug-likeness (QED) is 0.783. The van der Waals surface area contributed by atoms with Crippen LogP contribution in [0.15, 0.2) is 29.2 Å². The average Bonchev–Trinajstić information content (AvgIpc) is 3.07. The summed E-state index contributed by atoms with van der Waals surface area (Å²) < 4.78 is 6.95. The molecule has 3 rings (SSSR count). The van der Waals surface area contributed by atoms with Crippen LogP contribution in [0.2, 0.25) is 0 Å². The number of nitrogens with zero attached hydrogens (tertiary/aromatic N) is 5. The minimum atomic E-state index is -0.495. The molecule has 7 heteroatoms. The summed E-state index contributed by atoms with van der Waals surface area (Å²) in [5.41, 5.74) is 9.72. The predicted molar refractivity (Wildman–Crippen MR) is 76.2 cm³/mol. The van der Waals surface area contributed by atoms with E-state index in [9.17, 15) is 0 Å². The van der Waals surface area contributed by atoms with E-state index in [1.165, 1.54) is 0 Å². The maximum absolute atomic E-state index is 6.11. The van der Waals surface area contributed by atoms with E-state index < -0.39 is 6.04 Å². The van der Waals surface area contributed by atoms with Crippen LogP contribution in [0.4, 0.5) is 0 Å². The molecule has 0 radical (unpaired) electrons. The Bertz CT molecular complexity index is 775. The SMILES string of the molecule is Cc1cnc(-c2noc(C(N)c3cnn(C)c3)n2)c(C)c1. The van der Waals surface area contributed by atoms with Crippen molar-refractivity contribution in [2.24, 2.45) is 12.8 Å². The van der Waals surface area contributed by atoms with E-state index in [0.717, 1.165) is 16.7 Å². The van der Waals surface area contributed by atoms with E-state index in [1.54, 1.807) is 17.1 Å². The van der Waals surface area contributed by atoms with Gasteiger partial charge in [-0.15, -0.1) is 0 Å². The summed E-state index contributed by atoms with van der Waals surface area (Å²) in [4.78, 5) is 8.71. The zero-order chi connectivity index (χ0) is 15.0. The third kappa shape index (κ3) is 2.55. The van der Waals surface area contributed by atoms with Crippen molar-refractivity contribution in [1.82, 2.24) is 24.9 Å². The van der Waals surface area contributed by atoms with E-state index in [1.807, 2.05) is 33.2 Å². The molecule has 3 aromatic rings. The fraction of sp³-hybridized carbons (Fsp3) is 0.286. The minimum absolute atomic E-state index is 0.347. The van der Waals surface area contributed by atoms with Gasteiger partial charge in [0.05, 0.1) is 6.20 Å². The molecule has 0 aliphatic rings. The maximum Gasteiger partial charge on any atom is 0.248 e. The molecule has 7 nitrogen and oxygen atoms in total. The van der Waals surface area contributed by atoms with Crippen molar-refractivity contribution in [3.63, 3.8) is 0 Å². The van der Waals surface area contributed by atoms with Crippen LogP contribution < -0.4 is 5.73 Å². The Kier molecular flexibility index (Phi) is 3.26. The van der Waals surface area contributed by atoms with Crippen LogP contribution in [0.5, 0.6) is 0 Å². The van der Waals surface area contributed by atoms with Crippen molar-refractivity contribution >= 4 is 0 Å². The number of aryl methyl sites for hydroxylation is 3. The Balaban J connectivity index is 1.92. The zero-order valence-corrected chi connectivity index (χ0v) is 12.1. The molecule has 1 atom stereocenters. The highest BCUT2D eigenvalue weighted by molar-refractivity contribution is 5.54. The first-order chi connectivity index (χ1) is 10.0. The van der Waals surface area contributed by atoms with Gasteiger partial charge in [0.1, 0.15) is 11.7 Å². The van der Waals surface area contributed by atoms with E-state index in [2.05, 4.69) is 20.2 Å². The van der Waals surface area contributed by atoms with Gasteiger partial charge in [0, 0.05) is 25.0 Å². The lowest BCUT2D eigenvalue weighted by molar-refractivity contribution is 0.367. The van der Waals surface area contributed by atoms with Crippen molar-refractivity contribution in [3.8, 4) is 11.5 Å². The van der Waals surface area contributed by atoms with Crippen LogP contribution in [0.25, 0.3) is 11.5 Å². The molecule has 2 N–H and O–H groups in total. The Hall–Kier alpha value is -2.54. The largest absolute Gasteiger partial charge is 0.337 e. The number of hydrogen-bond donors (Lipinski definition) is 1. The third-order valence-electron chi connectivity index (χ3n) is 3.22. The highest BCUT2D eigenvalue weighted by Gasteiger charge is 2.20. The summed E-state index contributed by atoms with van der Waals surface area (Å²) in [5, 5.41) is 8.06. The fourth-order valence-electron chi connectivity index (χ4n) is 2.15. The third-order valence-corrected chi connectivity index (χ3v) is 3.22. The predicted octanol–water partition coefficient (Wildman–Crippen LogP) is 1.53. The highest BCUT2D eigenvalue weighted by atomic mass is 16.5. The molecule has 0 saturated carbocycles. The molecule has 0 aliphatic carbocycles. The minimum Gasteiger partial charge on any atom is -0.337 e. The topological polar surface area (TPSA) is 95.6 Å². The Morgan fingerprint density at radius 3 is 2.76 bits per heavy atom. The molecule has 0 bridgehead atoms. The molecule has 0 aliphatic heterocycles. The molecule has 0 amide bonds. The second-order valence-electron chi connectivity index (χ2n) is 5.06. The zero-order valence-electron chi connectivity index (χ0n) is 12.1. The molecular weight excluding hydrogens is 268 g/mol. The second kappa shape index (κ2) is 5.10. The van der Waals surface area contributed by atoms with Gasteiger partial charge >= 0.3 is 0 Å². The number of hydrogen-bond acceptors (Lipinski definition) is 6.